The van der Waals surface area contributed by atoms with Crippen molar-refractivity contribution in [1.29, 1.82) is 0 Å². The van der Waals surface area contributed by atoms with E-state index in [0.717, 1.165) is 32.8 Å². The summed E-state index contributed by atoms with van der Waals surface area (Å²) in [6.07, 6.45) is 3.09. The second kappa shape index (κ2) is 8.98. The van der Waals surface area contributed by atoms with E-state index in [1.54, 1.807) is 18.0 Å². The molecule has 0 saturated heterocycles. The Morgan fingerprint density at radius 2 is 2.03 bits per heavy atom. The summed E-state index contributed by atoms with van der Waals surface area (Å²) >= 11 is 7.42. The van der Waals surface area contributed by atoms with Gasteiger partial charge >= 0.3 is 0 Å². The maximum atomic E-state index is 12.2. The number of phenolic OH excluding ortho intramolecular Hbond substituents is 1. The van der Waals surface area contributed by atoms with Crippen LogP contribution in [0.3, 0.4) is 0 Å². The van der Waals surface area contributed by atoms with E-state index in [2.05, 4.69) is 31.8 Å². The fourth-order valence-electron chi connectivity index (χ4n) is 2.91. The van der Waals surface area contributed by atoms with Crippen LogP contribution in [0.15, 0.2) is 71.2 Å². The lowest BCUT2D eigenvalue weighted by Crippen LogP contribution is -2.17. The third-order valence-corrected chi connectivity index (χ3v) is 5.61. The molecule has 0 aliphatic heterocycles. The molecule has 0 fully saturated rings. The summed E-state index contributed by atoms with van der Waals surface area (Å²) in [4.78, 5) is 16.4. The van der Waals surface area contributed by atoms with Crippen molar-refractivity contribution < 1.29 is 9.90 Å². The first kappa shape index (κ1) is 19.9. The van der Waals surface area contributed by atoms with Crippen molar-refractivity contribution >= 4 is 46.3 Å². The smallest absolute Gasteiger partial charge is 0.271 e. The normalized spacial score (nSPS) is 11.2. The Labute approximate surface area is 181 Å². The number of hydrazone groups is 1. The van der Waals surface area contributed by atoms with Crippen LogP contribution in [0.1, 0.15) is 21.5 Å². The number of phenols is 1. The minimum Gasteiger partial charge on any atom is -0.506 e. The van der Waals surface area contributed by atoms with Crippen LogP contribution in [-0.4, -0.2) is 32.4 Å². The van der Waals surface area contributed by atoms with Crippen LogP contribution < -0.4 is 5.43 Å². The van der Waals surface area contributed by atoms with Gasteiger partial charge < -0.3 is 5.11 Å². The number of hydrogen-bond acceptors (Lipinski definition) is 6. The van der Waals surface area contributed by atoms with Crippen LogP contribution >= 0.6 is 23.4 Å². The number of aromatic nitrogens is 3. The van der Waals surface area contributed by atoms with Gasteiger partial charge in [0.25, 0.3) is 5.91 Å². The van der Waals surface area contributed by atoms with Gasteiger partial charge in [-0.15, -0.1) is 0 Å². The fourth-order valence-corrected chi connectivity index (χ4v) is 3.87. The minimum atomic E-state index is -0.419. The molecule has 0 aliphatic carbocycles. The van der Waals surface area contributed by atoms with Crippen LogP contribution in [0, 0.1) is 0 Å². The van der Waals surface area contributed by atoms with Crippen molar-refractivity contribution in [2.45, 2.75) is 10.9 Å². The van der Waals surface area contributed by atoms with Crippen molar-refractivity contribution in [2.24, 2.45) is 5.10 Å². The van der Waals surface area contributed by atoms with E-state index in [-0.39, 0.29) is 10.8 Å². The van der Waals surface area contributed by atoms with Crippen LogP contribution in [0.4, 0.5) is 0 Å². The van der Waals surface area contributed by atoms with E-state index in [0.29, 0.717) is 5.56 Å². The Balaban J connectivity index is 1.52. The number of H-pyrrole nitrogens is 1. The van der Waals surface area contributed by atoms with Crippen molar-refractivity contribution in [2.75, 3.05) is 0 Å². The number of amides is 1. The van der Waals surface area contributed by atoms with Gasteiger partial charge in [-0.05, 0) is 34.5 Å². The van der Waals surface area contributed by atoms with Gasteiger partial charge in [0.2, 0.25) is 0 Å². The molecule has 0 saturated carbocycles. The summed E-state index contributed by atoms with van der Waals surface area (Å²) in [6, 6.07) is 16.2. The third-order valence-electron chi connectivity index (χ3n) is 4.39. The highest BCUT2D eigenvalue weighted by Gasteiger charge is 2.09. The second-order valence-electron chi connectivity index (χ2n) is 6.30. The molecular weight excluding hydrogens is 422 g/mol. The number of carbonyl (C=O) groups is 1. The van der Waals surface area contributed by atoms with Gasteiger partial charge in [-0.2, -0.15) is 10.2 Å². The lowest BCUT2D eigenvalue weighted by molar-refractivity contribution is 0.0955. The zero-order valence-electron chi connectivity index (χ0n) is 15.5. The molecule has 4 rings (SSSR count). The zero-order valence-corrected chi connectivity index (χ0v) is 17.1. The van der Waals surface area contributed by atoms with E-state index in [1.807, 2.05) is 30.3 Å². The number of aromatic hydroxyl groups is 1. The largest absolute Gasteiger partial charge is 0.506 e. The summed E-state index contributed by atoms with van der Waals surface area (Å²) in [7, 11) is 0. The molecule has 7 nitrogen and oxygen atoms in total. The summed E-state index contributed by atoms with van der Waals surface area (Å²) < 4.78 is 0. The first-order valence-electron chi connectivity index (χ1n) is 8.92. The molecule has 1 heterocycles. The van der Waals surface area contributed by atoms with Gasteiger partial charge in [0.15, 0.2) is 5.16 Å². The van der Waals surface area contributed by atoms with E-state index < -0.39 is 5.91 Å². The van der Waals surface area contributed by atoms with Crippen molar-refractivity contribution in [3.63, 3.8) is 0 Å². The molecule has 0 bridgehead atoms. The maximum Gasteiger partial charge on any atom is 0.271 e. The maximum absolute atomic E-state index is 12.2. The molecule has 9 heteroatoms. The monoisotopic (exact) mass is 437 g/mol. The Morgan fingerprint density at radius 1 is 1.20 bits per heavy atom. The van der Waals surface area contributed by atoms with E-state index in [9.17, 15) is 9.90 Å². The number of thioether (sulfide) groups is 1. The Kier molecular flexibility index (Phi) is 5.97. The summed E-state index contributed by atoms with van der Waals surface area (Å²) in [5.41, 5.74) is 4.83. The zero-order chi connectivity index (χ0) is 20.9. The molecule has 0 spiro atoms. The van der Waals surface area contributed by atoms with Crippen LogP contribution in [-0.2, 0) is 5.75 Å². The average Bonchev–Trinajstić information content (AvgIpc) is 3.28. The molecule has 1 aromatic heterocycles. The number of nitrogens with zero attached hydrogens (tertiary/aromatic N) is 3. The SMILES string of the molecule is O=C(N/N=C/c1ccc(CSc2ncn[nH]2)c2ccccc12)c1ccc(O)c(Cl)c1. The number of halogens is 1. The molecular formula is C21H16ClN5O2S. The minimum absolute atomic E-state index is 0.0789. The standard InChI is InChI=1S/C21H16ClN5O2S/c22-18-9-13(7-8-19(18)28)20(29)26-24-10-14-5-6-15(11-30-21-23-12-25-27-21)17-4-2-1-3-16(14)17/h1-10,12,28H,11H2,(H,26,29)(H,23,25,27)/b24-10+. The first-order valence-corrected chi connectivity index (χ1v) is 10.3. The average molecular weight is 438 g/mol. The number of rotatable bonds is 6. The lowest BCUT2D eigenvalue weighted by atomic mass is 10.0. The highest BCUT2D eigenvalue weighted by Crippen LogP contribution is 2.27. The van der Waals surface area contributed by atoms with Crippen molar-refractivity contribution in [3.8, 4) is 5.75 Å². The number of nitrogens with one attached hydrogen (secondary N) is 2. The number of carbonyl (C=O) groups excluding carboxylic acids is 1. The molecule has 150 valence electrons. The molecule has 1 amide bonds. The van der Waals surface area contributed by atoms with Crippen LogP contribution in [0.2, 0.25) is 5.02 Å². The Bertz CT molecular complexity index is 1230. The third kappa shape index (κ3) is 4.45. The topological polar surface area (TPSA) is 103 Å². The molecule has 4 aromatic rings. The summed E-state index contributed by atoms with van der Waals surface area (Å²) in [6.45, 7) is 0. The van der Waals surface area contributed by atoms with Gasteiger partial charge in [-0.25, -0.2) is 10.4 Å². The van der Waals surface area contributed by atoms with Crippen LogP contribution in [0.25, 0.3) is 10.8 Å². The molecule has 30 heavy (non-hydrogen) atoms. The summed E-state index contributed by atoms with van der Waals surface area (Å²) in [5.74, 6) is 0.244. The highest BCUT2D eigenvalue weighted by molar-refractivity contribution is 7.98. The van der Waals surface area contributed by atoms with Gasteiger partial charge in [0, 0.05) is 16.9 Å². The fraction of sp³-hybridized carbons (Fsp3) is 0.0476. The summed E-state index contributed by atoms with van der Waals surface area (Å²) in [5, 5.41) is 23.2. The molecule has 0 radical (unpaired) electrons. The Hall–Kier alpha value is -3.36. The van der Waals surface area contributed by atoms with Gasteiger partial charge in [0.05, 0.1) is 11.2 Å². The number of hydrogen-bond donors (Lipinski definition) is 3. The number of aromatic amines is 1. The number of fused-ring (bicyclic) bond motifs is 1. The van der Waals surface area contributed by atoms with Crippen molar-refractivity contribution in [3.05, 3.63) is 82.6 Å². The predicted molar refractivity (Wildman–Crippen MR) is 118 cm³/mol. The van der Waals surface area contributed by atoms with Gasteiger partial charge in [-0.1, -0.05) is 59.8 Å². The molecule has 0 atom stereocenters. The molecule has 3 aromatic carbocycles. The van der Waals surface area contributed by atoms with Crippen LogP contribution in [0.5, 0.6) is 5.75 Å². The van der Waals surface area contributed by atoms with Gasteiger partial charge in [-0.3, -0.25) is 9.89 Å². The Morgan fingerprint density at radius 3 is 2.80 bits per heavy atom. The molecule has 0 aliphatic rings. The van der Waals surface area contributed by atoms with Crippen molar-refractivity contribution in [1.82, 2.24) is 20.6 Å². The van der Waals surface area contributed by atoms with E-state index >= 15 is 0 Å². The lowest BCUT2D eigenvalue weighted by Gasteiger charge is -2.08. The molecule has 0 unspecified atom stereocenters. The van der Waals surface area contributed by atoms with Gasteiger partial charge in [0.1, 0.15) is 12.1 Å². The first-order chi connectivity index (χ1) is 14.6. The molecule has 3 N–H and O–H groups in total. The predicted octanol–water partition coefficient (Wildman–Crippen LogP) is 4.37. The highest BCUT2D eigenvalue weighted by atomic mass is 35.5. The second-order valence-corrected chi connectivity index (χ2v) is 7.68. The van der Waals surface area contributed by atoms with E-state index in [1.165, 1.54) is 24.5 Å². The quantitative estimate of drug-likeness (QED) is 0.236. The number of benzene rings is 3. The van der Waals surface area contributed by atoms with E-state index in [4.69, 9.17) is 11.6 Å².